The molecule has 1 aromatic heterocycles. The van der Waals surface area contributed by atoms with Crippen molar-refractivity contribution < 1.29 is 0 Å². The fourth-order valence-electron chi connectivity index (χ4n) is 2.58. The summed E-state index contributed by atoms with van der Waals surface area (Å²) in [5, 5.41) is 3.26. The Bertz CT molecular complexity index is 596. The van der Waals surface area contributed by atoms with E-state index in [0.29, 0.717) is 0 Å². The third-order valence-corrected chi connectivity index (χ3v) is 3.77. The van der Waals surface area contributed by atoms with E-state index in [4.69, 9.17) is 0 Å². The van der Waals surface area contributed by atoms with Gasteiger partial charge in [0.2, 0.25) is 0 Å². The van der Waals surface area contributed by atoms with Crippen LogP contribution in [0.1, 0.15) is 12.6 Å². The molecule has 1 N–H and O–H groups in total. The Kier molecular flexibility index (Phi) is 4.01. The fourth-order valence-corrected chi connectivity index (χ4v) is 2.58. The van der Waals surface area contributed by atoms with E-state index in [1.54, 1.807) is 0 Å². The van der Waals surface area contributed by atoms with Gasteiger partial charge in [-0.05, 0) is 18.7 Å². The summed E-state index contributed by atoms with van der Waals surface area (Å²) in [4.78, 5) is 13.6. The Hall–Kier alpha value is -2.14. The van der Waals surface area contributed by atoms with Crippen LogP contribution in [-0.2, 0) is 6.54 Å². The molecule has 0 saturated heterocycles. The third-order valence-electron chi connectivity index (χ3n) is 3.77. The van der Waals surface area contributed by atoms with Gasteiger partial charge in [-0.1, -0.05) is 19.1 Å². The maximum Gasteiger partial charge on any atom is 0.151 e. The van der Waals surface area contributed by atoms with Crippen LogP contribution in [0.25, 0.3) is 0 Å². The van der Waals surface area contributed by atoms with Crippen LogP contribution in [0, 0.1) is 0 Å². The summed E-state index contributed by atoms with van der Waals surface area (Å²) in [7, 11) is 2.13. The zero-order chi connectivity index (χ0) is 14.7. The van der Waals surface area contributed by atoms with Gasteiger partial charge < -0.3 is 15.1 Å². The molecule has 0 bridgehead atoms. The molecule has 0 atom stereocenters. The summed E-state index contributed by atoms with van der Waals surface area (Å²) < 4.78 is 0. The Morgan fingerprint density at radius 3 is 2.62 bits per heavy atom. The number of benzene rings is 1. The van der Waals surface area contributed by atoms with Gasteiger partial charge in [-0.25, -0.2) is 4.98 Å². The van der Waals surface area contributed by atoms with Gasteiger partial charge in [-0.2, -0.15) is 0 Å². The Morgan fingerprint density at radius 1 is 1.10 bits per heavy atom. The van der Waals surface area contributed by atoms with Crippen LogP contribution in [0.2, 0.25) is 0 Å². The fraction of sp³-hybridized carbons (Fsp3) is 0.375. The van der Waals surface area contributed by atoms with E-state index in [9.17, 15) is 0 Å². The van der Waals surface area contributed by atoms with E-state index in [2.05, 4.69) is 63.3 Å². The van der Waals surface area contributed by atoms with Gasteiger partial charge in [-0.15, -0.1) is 0 Å². The number of aromatic nitrogens is 2. The molecule has 0 unspecified atom stereocenters. The van der Waals surface area contributed by atoms with E-state index in [1.807, 2.05) is 12.4 Å². The summed E-state index contributed by atoms with van der Waals surface area (Å²) in [6.45, 7) is 5.70. The van der Waals surface area contributed by atoms with Crippen LogP contribution in [0.15, 0.2) is 36.7 Å². The average Bonchev–Trinajstić information content (AvgIpc) is 2.54. The number of anilines is 3. The first-order valence-electron chi connectivity index (χ1n) is 7.39. The van der Waals surface area contributed by atoms with E-state index in [-0.39, 0.29) is 0 Å². The molecule has 0 aliphatic carbocycles. The highest BCUT2D eigenvalue weighted by molar-refractivity contribution is 5.77. The van der Waals surface area contributed by atoms with E-state index in [0.717, 1.165) is 37.7 Å². The normalized spacial score (nSPS) is 14.2. The van der Waals surface area contributed by atoms with Crippen molar-refractivity contribution in [2.45, 2.75) is 13.5 Å². The van der Waals surface area contributed by atoms with Crippen molar-refractivity contribution in [3.8, 4) is 0 Å². The molecule has 1 aromatic carbocycles. The average molecular weight is 283 g/mol. The number of nitrogens with one attached hydrogen (secondary N) is 1. The van der Waals surface area contributed by atoms with Crippen molar-refractivity contribution in [2.75, 3.05) is 36.5 Å². The number of nitrogens with zero attached hydrogens (tertiary/aromatic N) is 4. The molecule has 2 aromatic rings. The summed E-state index contributed by atoms with van der Waals surface area (Å²) in [6.07, 6.45) is 3.73. The van der Waals surface area contributed by atoms with Gasteiger partial charge in [0.1, 0.15) is 0 Å². The molecule has 1 aliphatic heterocycles. The van der Waals surface area contributed by atoms with Gasteiger partial charge >= 0.3 is 0 Å². The number of likely N-dealkylation sites (N-methyl/N-ethyl adjacent to an activating group) is 1. The molecule has 110 valence electrons. The van der Waals surface area contributed by atoms with Crippen LogP contribution in [-0.4, -0.2) is 36.6 Å². The lowest BCUT2D eigenvalue weighted by Gasteiger charge is -2.36. The van der Waals surface area contributed by atoms with Crippen molar-refractivity contribution in [1.29, 1.82) is 0 Å². The predicted octanol–water partition coefficient (Wildman–Crippen LogP) is 2.17. The molecule has 21 heavy (non-hydrogen) atoms. The molecular weight excluding hydrogens is 262 g/mol. The minimum absolute atomic E-state index is 0.767. The molecular formula is C16H21N5. The van der Waals surface area contributed by atoms with Crippen molar-refractivity contribution in [2.24, 2.45) is 0 Å². The molecule has 0 saturated carbocycles. The second-order valence-electron chi connectivity index (χ2n) is 5.21. The zero-order valence-corrected chi connectivity index (χ0v) is 12.6. The van der Waals surface area contributed by atoms with Gasteiger partial charge in [-0.3, -0.25) is 4.98 Å². The lowest BCUT2D eigenvalue weighted by atomic mass is 10.2. The highest BCUT2D eigenvalue weighted by Gasteiger charge is 2.21. The molecule has 0 fully saturated rings. The lowest BCUT2D eigenvalue weighted by Crippen LogP contribution is -2.36. The van der Waals surface area contributed by atoms with E-state index < -0.39 is 0 Å². The molecule has 0 spiro atoms. The lowest BCUT2D eigenvalue weighted by molar-refractivity contribution is 0.706. The summed E-state index contributed by atoms with van der Waals surface area (Å²) in [5.41, 5.74) is 3.41. The standard InChI is InChI=1S/C16H21N5/c1-3-17-10-13-11-19-16(12-18-13)21-9-8-20(2)14-6-4-5-7-15(14)21/h4-7,11-12,17H,3,8-10H2,1-2H3. The molecule has 5 heteroatoms. The summed E-state index contributed by atoms with van der Waals surface area (Å²) in [6, 6.07) is 8.43. The zero-order valence-electron chi connectivity index (χ0n) is 12.6. The van der Waals surface area contributed by atoms with E-state index >= 15 is 0 Å². The van der Waals surface area contributed by atoms with Gasteiger partial charge in [0.15, 0.2) is 5.82 Å². The van der Waals surface area contributed by atoms with Crippen LogP contribution in [0.3, 0.4) is 0 Å². The minimum Gasteiger partial charge on any atom is -0.371 e. The number of hydrogen-bond acceptors (Lipinski definition) is 5. The highest BCUT2D eigenvalue weighted by Crippen LogP contribution is 2.35. The first kappa shape index (κ1) is 13.8. The summed E-state index contributed by atoms with van der Waals surface area (Å²) >= 11 is 0. The van der Waals surface area contributed by atoms with Crippen LogP contribution >= 0.6 is 0 Å². The molecule has 2 heterocycles. The maximum atomic E-state index is 4.58. The van der Waals surface area contributed by atoms with Gasteiger partial charge in [0.25, 0.3) is 0 Å². The molecule has 5 nitrogen and oxygen atoms in total. The molecule has 0 amide bonds. The first-order chi connectivity index (χ1) is 10.3. The largest absolute Gasteiger partial charge is 0.371 e. The van der Waals surface area contributed by atoms with Crippen molar-refractivity contribution >= 4 is 17.2 Å². The highest BCUT2D eigenvalue weighted by atomic mass is 15.3. The second-order valence-corrected chi connectivity index (χ2v) is 5.21. The Labute approximate surface area is 125 Å². The SMILES string of the molecule is CCNCc1cnc(N2CCN(C)c3ccccc32)cn1. The van der Waals surface area contributed by atoms with Crippen LogP contribution in [0.5, 0.6) is 0 Å². The Morgan fingerprint density at radius 2 is 1.90 bits per heavy atom. The number of fused-ring (bicyclic) bond motifs is 1. The van der Waals surface area contributed by atoms with Crippen molar-refractivity contribution in [1.82, 2.24) is 15.3 Å². The van der Waals surface area contributed by atoms with Crippen molar-refractivity contribution in [3.63, 3.8) is 0 Å². The Balaban J connectivity index is 1.86. The van der Waals surface area contributed by atoms with Gasteiger partial charge in [0, 0.05) is 26.7 Å². The quantitative estimate of drug-likeness (QED) is 0.931. The summed E-state index contributed by atoms with van der Waals surface area (Å²) in [5.74, 6) is 0.913. The van der Waals surface area contributed by atoms with Crippen LogP contribution in [0.4, 0.5) is 17.2 Å². The smallest absolute Gasteiger partial charge is 0.151 e. The molecule has 0 radical (unpaired) electrons. The number of para-hydroxylation sites is 2. The second kappa shape index (κ2) is 6.10. The van der Waals surface area contributed by atoms with Gasteiger partial charge in [0.05, 0.1) is 29.5 Å². The number of rotatable bonds is 4. The molecule has 1 aliphatic rings. The van der Waals surface area contributed by atoms with Crippen molar-refractivity contribution in [3.05, 3.63) is 42.4 Å². The predicted molar refractivity (Wildman–Crippen MR) is 86.1 cm³/mol. The maximum absolute atomic E-state index is 4.58. The minimum atomic E-state index is 0.767. The van der Waals surface area contributed by atoms with E-state index in [1.165, 1.54) is 11.4 Å². The third kappa shape index (κ3) is 2.83. The molecule has 3 rings (SSSR count). The van der Waals surface area contributed by atoms with Crippen LogP contribution < -0.4 is 15.1 Å². The first-order valence-corrected chi connectivity index (χ1v) is 7.39. The monoisotopic (exact) mass is 283 g/mol. The topological polar surface area (TPSA) is 44.3 Å². The number of hydrogen-bond donors (Lipinski definition) is 1.